The number of nitrogens with zero attached hydrogens (tertiary/aromatic N) is 1. The number of aromatic nitrogens is 2. The van der Waals surface area contributed by atoms with Crippen molar-refractivity contribution >= 4 is 0 Å². The molecule has 2 rings (SSSR count). The number of nitrogens with two attached hydrogens (primary N) is 1. The van der Waals surface area contributed by atoms with Gasteiger partial charge in [-0.15, -0.1) is 0 Å². The predicted octanol–water partition coefficient (Wildman–Crippen LogP) is 2.74. The summed E-state index contributed by atoms with van der Waals surface area (Å²) in [5, 5.41) is 5.67. The van der Waals surface area contributed by atoms with Gasteiger partial charge in [0.05, 0.1) is 5.69 Å². The lowest BCUT2D eigenvalue weighted by Gasteiger charge is -2.07. The highest BCUT2D eigenvalue weighted by Crippen LogP contribution is 2.35. The van der Waals surface area contributed by atoms with Gasteiger partial charge in [0.15, 0.2) is 0 Å². The van der Waals surface area contributed by atoms with E-state index in [0.29, 0.717) is 5.56 Å². The van der Waals surface area contributed by atoms with Crippen LogP contribution in [0.15, 0.2) is 24.3 Å². The van der Waals surface area contributed by atoms with E-state index >= 15 is 0 Å². The van der Waals surface area contributed by atoms with Crippen LogP contribution >= 0.6 is 0 Å². The van der Waals surface area contributed by atoms with Gasteiger partial charge in [0.2, 0.25) is 0 Å². The van der Waals surface area contributed by atoms with E-state index in [2.05, 4.69) is 5.10 Å². The maximum atomic E-state index is 12.8. The second-order valence-electron chi connectivity index (χ2n) is 3.97. The van der Waals surface area contributed by atoms with Crippen molar-refractivity contribution in [2.75, 3.05) is 6.54 Å². The zero-order valence-corrected chi connectivity index (χ0v) is 9.76. The Bertz CT molecular complexity index is 557. The minimum atomic E-state index is -4.52. The Morgan fingerprint density at radius 3 is 2.32 bits per heavy atom. The summed E-state index contributed by atoms with van der Waals surface area (Å²) in [4.78, 5) is 0. The summed E-state index contributed by atoms with van der Waals surface area (Å²) in [5.41, 5.74) is 4.99. The van der Waals surface area contributed by atoms with E-state index in [1.54, 1.807) is 0 Å². The van der Waals surface area contributed by atoms with Gasteiger partial charge in [-0.25, -0.2) is 4.39 Å². The van der Waals surface area contributed by atoms with E-state index in [4.69, 9.17) is 5.73 Å². The van der Waals surface area contributed by atoms with Crippen LogP contribution in [0, 0.1) is 5.82 Å². The molecule has 0 saturated heterocycles. The molecule has 0 radical (unpaired) electrons. The summed E-state index contributed by atoms with van der Waals surface area (Å²) in [7, 11) is 0. The van der Waals surface area contributed by atoms with Crippen LogP contribution in [0.1, 0.15) is 11.3 Å². The highest BCUT2D eigenvalue weighted by molar-refractivity contribution is 5.64. The van der Waals surface area contributed by atoms with Gasteiger partial charge in [0.25, 0.3) is 0 Å². The second-order valence-corrected chi connectivity index (χ2v) is 3.97. The van der Waals surface area contributed by atoms with Gasteiger partial charge in [-0.2, -0.15) is 18.3 Å². The minimum absolute atomic E-state index is 0.00149. The number of hydrogen-bond donors (Lipinski definition) is 2. The molecule has 0 saturated carbocycles. The molecule has 3 nitrogen and oxygen atoms in total. The summed E-state index contributed by atoms with van der Waals surface area (Å²) in [6.07, 6.45) is -4.48. The monoisotopic (exact) mass is 273 g/mol. The van der Waals surface area contributed by atoms with Crippen LogP contribution in [0.2, 0.25) is 0 Å². The van der Waals surface area contributed by atoms with Gasteiger partial charge in [0, 0.05) is 11.1 Å². The first-order valence-corrected chi connectivity index (χ1v) is 5.54. The van der Waals surface area contributed by atoms with Gasteiger partial charge in [0.1, 0.15) is 11.5 Å². The largest absolute Gasteiger partial charge is 0.433 e. The van der Waals surface area contributed by atoms with E-state index in [1.807, 2.05) is 5.10 Å². The van der Waals surface area contributed by atoms with Gasteiger partial charge in [-0.1, -0.05) is 0 Å². The highest BCUT2D eigenvalue weighted by atomic mass is 19.4. The number of hydrogen-bond acceptors (Lipinski definition) is 2. The lowest BCUT2D eigenvalue weighted by Crippen LogP contribution is -2.12. The number of rotatable bonds is 3. The third-order valence-electron chi connectivity index (χ3n) is 2.66. The quantitative estimate of drug-likeness (QED) is 0.845. The van der Waals surface area contributed by atoms with Crippen LogP contribution in [-0.2, 0) is 12.6 Å². The average molecular weight is 273 g/mol. The van der Waals surface area contributed by atoms with Crippen LogP contribution in [0.3, 0.4) is 0 Å². The van der Waals surface area contributed by atoms with E-state index in [1.165, 1.54) is 24.3 Å². The van der Waals surface area contributed by atoms with Crippen molar-refractivity contribution in [3.63, 3.8) is 0 Å². The summed E-state index contributed by atoms with van der Waals surface area (Å²) < 4.78 is 51.2. The summed E-state index contributed by atoms with van der Waals surface area (Å²) in [5.74, 6) is -0.462. The van der Waals surface area contributed by atoms with E-state index < -0.39 is 17.7 Å². The molecule has 102 valence electrons. The van der Waals surface area contributed by atoms with Crippen molar-refractivity contribution in [2.45, 2.75) is 12.6 Å². The fourth-order valence-electron chi connectivity index (χ4n) is 1.83. The molecule has 3 N–H and O–H groups in total. The van der Waals surface area contributed by atoms with Gasteiger partial charge in [-0.3, -0.25) is 5.10 Å². The lowest BCUT2D eigenvalue weighted by atomic mass is 10.0. The molecule has 2 aromatic rings. The van der Waals surface area contributed by atoms with Crippen molar-refractivity contribution in [1.82, 2.24) is 10.2 Å². The molecule has 0 unspecified atom stereocenters. The van der Waals surface area contributed by atoms with E-state index in [0.717, 1.165) is 0 Å². The predicted molar refractivity (Wildman–Crippen MR) is 61.7 cm³/mol. The summed E-state index contributed by atoms with van der Waals surface area (Å²) in [6, 6.07) is 5.10. The number of benzene rings is 1. The standard InChI is InChI=1S/C12H11F4N3/c13-8-3-1-7(2-4-8)10-9(5-6-17)11(19-18-10)12(14,15)16/h1-4H,5-6,17H2,(H,18,19). The molecule has 19 heavy (non-hydrogen) atoms. The van der Waals surface area contributed by atoms with Gasteiger partial charge >= 0.3 is 6.18 Å². The molecule has 1 aromatic carbocycles. The molecular formula is C12H11F4N3. The van der Waals surface area contributed by atoms with Crippen LogP contribution in [0.25, 0.3) is 11.3 Å². The molecule has 0 aliphatic carbocycles. The van der Waals surface area contributed by atoms with Crippen LogP contribution in [0.4, 0.5) is 17.6 Å². The molecule has 0 aliphatic heterocycles. The zero-order valence-electron chi connectivity index (χ0n) is 9.76. The topological polar surface area (TPSA) is 54.7 Å². The van der Waals surface area contributed by atoms with Crippen molar-refractivity contribution in [3.05, 3.63) is 41.3 Å². The van der Waals surface area contributed by atoms with Crippen LogP contribution in [-0.4, -0.2) is 16.7 Å². The number of aromatic amines is 1. The molecule has 0 spiro atoms. The van der Waals surface area contributed by atoms with E-state index in [-0.39, 0.29) is 24.2 Å². The Hall–Kier alpha value is -1.89. The minimum Gasteiger partial charge on any atom is -0.330 e. The van der Waals surface area contributed by atoms with Crippen LogP contribution in [0.5, 0.6) is 0 Å². The molecular weight excluding hydrogens is 262 g/mol. The first-order valence-electron chi connectivity index (χ1n) is 5.54. The third kappa shape index (κ3) is 2.76. The first-order chi connectivity index (χ1) is 8.93. The van der Waals surface area contributed by atoms with Gasteiger partial charge in [-0.05, 0) is 37.2 Å². The van der Waals surface area contributed by atoms with Crippen LogP contribution < -0.4 is 5.73 Å². The number of nitrogens with one attached hydrogen (secondary N) is 1. The molecule has 7 heteroatoms. The van der Waals surface area contributed by atoms with E-state index in [9.17, 15) is 17.6 Å². The Morgan fingerprint density at radius 2 is 1.79 bits per heavy atom. The Balaban J connectivity index is 2.51. The number of alkyl halides is 3. The molecule has 1 heterocycles. The zero-order chi connectivity index (χ0) is 14.0. The molecule has 1 aromatic heterocycles. The Kier molecular flexibility index (Phi) is 3.57. The average Bonchev–Trinajstić information content (AvgIpc) is 2.74. The summed E-state index contributed by atoms with van der Waals surface area (Å²) in [6.45, 7) is 0.0663. The lowest BCUT2D eigenvalue weighted by molar-refractivity contribution is -0.141. The summed E-state index contributed by atoms with van der Waals surface area (Å²) >= 11 is 0. The molecule has 0 atom stereocenters. The smallest absolute Gasteiger partial charge is 0.330 e. The highest BCUT2D eigenvalue weighted by Gasteiger charge is 2.37. The molecule has 0 amide bonds. The van der Waals surface area contributed by atoms with Crippen molar-refractivity contribution in [1.29, 1.82) is 0 Å². The first kappa shape index (κ1) is 13.5. The number of halogens is 4. The third-order valence-corrected chi connectivity index (χ3v) is 2.66. The Labute approximate surface area is 106 Å². The maximum Gasteiger partial charge on any atom is 0.433 e. The molecule has 0 fully saturated rings. The van der Waals surface area contributed by atoms with Crippen molar-refractivity contribution in [3.8, 4) is 11.3 Å². The SMILES string of the molecule is NCCc1c(-c2ccc(F)cc2)n[nH]c1C(F)(F)F. The molecule has 0 aliphatic rings. The fourth-order valence-corrected chi connectivity index (χ4v) is 1.83. The normalized spacial score (nSPS) is 11.8. The fraction of sp³-hybridized carbons (Fsp3) is 0.250. The van der Waals surface area contributed by atoms with Crippen molar-refractivity contribution in [2.24, 2.45) is 5.73 Å². The van der Waals surface area contributed by atoms with Gasteiger partial charge < -0.3 is 5.73 Å². The number of H-pyrrole nitrogens is 1. The maximum absolute atomic E-state index is 12.8. The molecule has 0 bridgehead atoms. The van der Waals surface area contributed by atoms with Crippen molar-refractivity contribution < 1.29 is 17.6 Å². The second kappa shape index (κ2) is 5.00. The Morgan fingerprint density at radius 1 is 1.16 bits per heavy atom.